The quantitative estimate of drug-likeness (QED) is 0.178. The Kier molecular flexibility index (Phi) is 10.8. The highest BCUT2D eigenvalue weighted by atomic mass is 35.5. The number of nitrogens with zero attached hydrogens (tertiary/aromatic N) is 1. The maximum absolute atomic E-state index is 13.7. The summed E-state index contributed by atoms with van der Waals surface area (Å²) in [4.78, 5) is 25.0. The van der Waals surface area contributed by atoms with E-state index in [1.54, 1.807) is 0 Å². The molecule has 0 aliphatic heterocycles. The van der Waals surface area contributed by atoms with Crippen molar-refractivity contribution in [2.75, 3.05) is 20.1 Å². The first kappa shape index (κ1) is 33.6. The summed E-state index contributed by atoms with van der Waals surface area (Å²) in [5.74, 6) is -3.55. The van der Waals surface area contributed by atoms with E-state index in [9.17, 15) is 49.1 Å². The molecule has 1 unspecified atom stereocenters. The van der Waals surface area contributed by atoms with Crippen LogP contribution >= 0.6 is 34.8 Å². The number of urea groups is 1. The van der Waals surface area contributed by atoms with Gasteiger partial charge < -0.3 is 10.2 Å². The van der Waals surface area contributed by atoms with Gasteiger partial charge in [0.1, 0.15) is 0 Å². The van der Waals surface area contributed by atoms with Crippen LogP contribution < -0.4 is 5.32 Å². The molecule has 2 rings (SSSR count). The molecule has 4 nitrogen and oxygen atoms in total. The van der Waals surface area contributed by atoms with Crippen LogP contribution in [-0.4, -0.2) is 49.2 Å². The van der Waals surface area contributed by atoms with Crippen molar-refractivity contribution >= 4 is 52.7 Å². The fourth-order valence-electron chi connectivity index (χ4n) is 3.33. The minimum absolute atomic E-state index is 0.184. The summed E-state index contributed by atoms with van der Waals surface area (Å²) in [6.07, 6.45) is -14.6. The number of alkyl halides is 9. The highest BCUT2D eigenvalue weighted by molar-refractivity contribution is 6.48. The molecule has 0 saturated carbocycles. The fourth-order valence-corrected chi connectivity index (χ4v) is 3.95. The lowest BCUT2D eigenvalue weighted by Gasteiger charge is -2.20. The molecule has 2 aromatic rings. The van der Waals surface area contributed by atoms with Gasteiger partial charge in [-0.25, -0.2) is 4.79 Å². The molecule has 1 N–H and O–H groups in total. The molecular weight excluding hydrogens is 626 g/mol. The Bertz CT molecular complexity index is 1250. The van der Waals surface area contributed by atoms with Crippen LogP contribution in [0.4, 0.5) is 44.3 Å². The Balaban J connectivity index is 2.33. The predicted octanol–water partition coefficient (Wildman–Crippen LogP) is 8.80. The van der Waals surface area contributed by atoms with Gasteiger partial charge in [0.2, 0.25) is 0 Å². The van der Waals surface area contributed by atoms with E-state index in [0.29, 0.717) is 17.0 Å². The Morgan fingerprint density at radius 1 is 0.950 bits per heavy atom. The van der Waals surface area contributed by atoms with Crippen molar-refractivity contribution in [1.29, 1.82) is 0 Å². The fraction of sp³-hybridized carbons (Fsp3) is 0.333. The van der Waals surface area contributed by atoms with Gasteiger partial charge in [0, 0.05) is 19.2 Å². The molecule has 0 bridgehead atoms. The zero-order valence-corrected chi connectivity index (χ0v) is 22.3. The van der Waals surface area contributed by atoms with Gasteiger partial charge in [-0.2, -0.15) is 39.5 Å². The molecule has 0 spiro atoms. The largest absolute Gasteiger partial charge is 0.417 e. The highest BCUT2D eigenvalue weighted by Crippen LogP contribution is 2.41. The number of rotatable bonds is 8. The summed E-state index contributed by atoms with van der Waals surface area (Å²) in [7, 11) is 0.984. The van der Waals surface area contributed by atoms with Crippen LogP contribution in [0.1, 0.15) is 39.4 Å². The van der Waals surface area contributed by atoms with Crippen LogP contribution in [0.3, 0.4) is 0 Å². The third-order valence-corrected chi connectivity index (χ3v) is 6.46. The molecule has 0 saturated heterocycles. The van der Waals surface area contributed by atoms with Gasteiger partial charge in [-0.3, -0.25) is 4.79 Å². The number of carbonyl (C=O) groups is 2. The van der Waals surface area contributed by atoms with Crippen LogP contribution in [-0.2, 0) is 6.18 Å². The third kappa shape index (κ3) is 9.48. The summed E-state index contributed by atoms with van der Waals surface area (Å²) in [6, 6.07) is 2.82. The number of halogens is 12. The number of benzene rings is 2. The first-order valence-electron chi connectivity index (χ1n) is 10.9. The van der Waals surface area contributed by atoms with Crippen LogP contribution in [0, 0.1) is 0 Å². The zero-order chi connectivity index (χ0) is 30.6. The van der Waals surface area contributed by atoms with Crippen molar-refractivity contribution in [3.8, 4) is 0 Å². The average Bonchev–Trinajstić information content (AvgIpc) is 2.80. The van der Waals surface area contributed by atoms with E-state index < -0.39 is 72.5 Å². The minimum atomic E-state index is -5.12. The molecule has 0 radical (unpaired) electrons. The van der Waals surface area contributed by atoms with Gasteiger partial charge in [-0.1, -0.05) is 59.1 Å². The number of ketones is 1. The summed E-state index contributed by atoms with van der Waals surface area (Å²) in [5.41, 5.74) is -3.17. The molecule has 40 heavy (non-hydrogen) atoms. The SMILES string of the molecule is CN(CC(=O)c1ccc(/C=C/C(c2cc(Cl)c(Cl)c(Cl)c2)C(F)(F)F)cc1C(F)(F)F)C(=O)NCCC(F)(F)F. The summed E-state index contributed by atoms with van der Waals surface area (Å²) < 4.78 is 119. The Morgan fingerprint density at radius 2 is 1.52 bits per heavy atom. The van der Waals surface area contributed by atoms with E-state index in [-0.39, 0.29) is 20.6 Å². The number of hydrogen-bond acceptors (Lipinski definition) is 2. The monoisotopic (exact) mass is 642 g/mol. The second-order valence-electron chi connectivity index (χ2n) is 8.36. The van der Waals surface area contributed by atoms with Crippen molar-refractivity contribution in [2.24, 2.45) is 0 Å². The molecule has 0 aliphatic carbocycles. The van der Waals surface area contributed by atoms with Gasteiger partial charge in [-0.05, 0) is 29.3 Å². The number of allylic oxidation sites excluding steroid dienone is 1. The Hall–Kier alpha value is -2.64. The minimum Gasteiger partial charge on any atom is -0.338 e. The van der Waals surface area contributed by atoms with E-state index in [1.165, 1.54) is 0 Å². The van der Waals surface area contributed by atoms with Crippen LogP contribution in [0.5, 0.6) is 0 Å². The van der Waals surface area contributed by atoms with E-state index in [0.717, 1.165) is 37.4 Å². The van der Waals surface area contributed by atoms with Gasteiger partial charge in [-0.15, -0.1) is 0 Å². The standard InChI is InChI=1S/C24H18Cl3F9N2O2/c1-38(21(40)37-7-6-22(28,29)30)11-19(39)14-4-2-12(8-16(14)24(34,35)36)3-5-15(23(31,32)33)13-9-17(25)20(27)18(26)10-13/h2-5,8-10,15H,6-7,11H2,1H3,(H,37,40)/b5-3+. The lowest BCUT2D eigenvalue weighted by atomic mass is 9.95. The first-order chi connectivity index (χ1) is 18.2. The Morgan fingerprint density at radius 3 is 2.02 bits per heavy atom. The molecule has 0 aliphatic rings. The number of carbonyl (C=O) groups excluding carboxylic acids is 2. The van der Waals surface area contributed by atoms with Gasteiger partial charge >= 0.3 is 24.6 Å². The highest BCUT2D eigenvalue weighted by Gasteiger charge is 2.40. The molecule has 2 aromatic carbocycles. The maximum atomic E-state index is 13.7. The third-order valence-electron chi connectivity index (χ3n) is 5.26. The van der Waals surface area contributed by atoms with Gasteiger partial charge in [0.25, 0.3) is 0 Å². The lowest BCUT2D eigenvalue weighted by Crippen LogP contribution is -2.41. The van der Waals surface area contributed by atoms with Crippen LogP contribution in [0.15, 0.2) is 36.4 Å². The number of likely N-dealkylation sites (N-methyl/N-ethyl adjacent to an activating group) is 1. The van der Waals surface area contributed by atoms with Gasteiger partial charge in [0.05, 0.1) is 39.5 Å². The number of Topliss-reactive ketones (excluding diaryl/α,β-unsaturated/α-hetero) is 1. The van der Waals surface area contributed by atoms with Crippen molar-refractivity contribution in [3.63, 3.8) is 0 Å². The molecular formula is C24H18Cl3F9N2O2. The maximum Gasteiger partial charge on any atom is 0.417 e. The topological polar surface area (TPSA) is 49.4 Å². The van der Waals surface area contributed by atoms with Crippen molar-refractivity contribution < 1.29 is 49.1 Å². The summed E-state index contributed by atoms with van der Waals surface area (Å²) in [5, 5.41) is 1.16. The van der Waals surface area contributed by atoms with Gasteiger partial charge in [0.15, 0.2) is 5.78 Å². The van der Waals surface area contributed by atoms with Crippen LogP contribution in [0.25, 0.3) is 6.08 Å². The summed E-state index contributed by atoms with van der Waals surface area (Å²) in [6.45, 7) is -1.74. The Labute approximate surface area is 236 Å². The van der Waals surface area contributed by atoms with E-state index >= 15 is 0 Å². The van der Waals surface area contributed by atoms with Crippen LogP contribution in [0.2, 0.25) is 15.1 Å². The molecule has 1 atom stereocenters. The van der Waals surface area contributed by atoms with E-state index in [2.05, 4.69) is 0 Å². The number of amides is 2. The second-order valence-corrected chi connectivity index (χ2v) is 9.55. The van der Waals surface area contributed by atoms with Crippen molar-refractivity contribution in [3.05, 3.63) is 73.7 Å². The molecule has 0 heterocycles. The molecule has 16 heteroatoms. The number of nitrogens with one attached hydrogen (secondary N) is 1. The average molecular weight is 644 g/mol. The molecule has 0 fully saturated rings. The van der Waals surface area contributed by atoms with E-state index in [4.69, 9.17) is 34.8 Å². The zero-order valence-electron chi connectivity index (χ0n) is 20.0. The molecule has 2 amide bonds. The first-order valence-corrected chi connectivity index (χ1v) is 12.0. The molecule has 220 valence electrons. The van der Waals surface area contributed by atoms with Crippen molar-refractivity contribution in [2.45, 2.75) is 30.9 Å². The number of hydrogen-bond donors (Lipinski definition) is 1. The second kappa shape index (κ2) is 12.9. The molecule has 0 aromatic heterocycles. The predicted molar refractivity (Wildman–Crippen MR) is 132 cm³/mol. The summed E-state index contributed by atoms with van der Waals surface area (Å²) >= 11 is 17.4. The lowest BCUT2D eigenvalue weighted by molar-refractivity contribution is -0.139. The van der Waals surface area contributed by atoms with Crippen molar-refractivity contribution in [1.82, 2.24) is 10.2 Å². The smallest absolute Gasteiger partial charge is 0.338 e. The normalized spacial score (nSPS) is 13.4. The van der Waals surface area contributed by atoms with E-state index in [1.807, 2.05) is 5.32 Å².